The van der Waals surface area contributed by atoms with E-state index < -0.39 is 109 Å². The molecule has 4 rings (SSSR count). The summed E-state index contributed by atoms with van der Waals surface area (Å²) >= 11 is 0. The second-order valence-corrected chi connectivity index (χ2v) is 15.3. The number of aromatic nitrogens is 3. The van der Waals surface area contributed by atoms with Gasteiger partial charge in [0.25, 0.3) is 5.56 Å². The minimum atomic E-state index is -5.45. The average molecular weight is 856 g/mol. The van der Waals surface area contributed by atoms with Gasteiger partial charge in [0, 0.05) is 17.6 Å². The predicted octanol–water partition coefficient (Wildman–Crippen LogP) is 2.90. The Morgan fingerprint density at radius 2 is 1.39 bits per heavy atom. The zero-order valence-corrected chi connectivity index (χ0v) is 32.5. The van der Waals surface area contributed by atoms with E-state index in [1.165, 1.54) is 27.7 Å². The van der Waals surface area contributed by atoms with Crippen molar-refractivity contribution < 1.29 is 93.8 Å². The lowest BCUT2D eigenvalue weighted by Gasteiger charge is -2.24. The van der Waals surface area contributed by atoms with E-state index in [2.05, 4.69) is 24.1 Å². The molecule has 2 N–H and O–H groups in total. The summed E-state index contributed by atoms with van der Waals surface area (Å²) in [5.74, 6) is 0. The summed E-state index contributed by atoms with van der Waals surface area (Å²) in [6.45, 7) is 0.756. The van der Waals surface area contributed by atoms with Crippen LogP contribution in [0.1, 0.15) is 39.6 Å². The van der Waals surface area contributed by atoms with Crippen molar-refractivity contribution in [1.29, 1.82) is 0 Å². The third-order valence-electron chi connectivity index (χ3n) is 7.06. The summed E-state index contributed by atoms with van der Waals surface area (Å²) in [5.41, 5.74) is -1.12. The number of nitrogens with zero attached hydrogens (tertiary/aromatic N) is 3. The predicted molar refractivity (Wildman–Crippen MR) is 183 cm³/mol. The first-order valence-electron chi connectivity index (χ1n) is 16.5. The third-order valence-corrected chi connectivity index (χ3v) is 10.4. The molecule has 0 aliphatic carbocycles. The van der Waals surface area contributed by atoms with Crippen LogP contribution in [0.2, 0.25) is 0 Å². The van der Waals surface area contributed by atoms with Crippen molar-refractivity contribution in [2.45, 2.75) is 71.0 Å². The van der Waals surface area contributed by atoms with Crippen LogP contribution in [0.25, 0.3) is 11.0 Å². The third kappa shape index (κ3) is 12.7. The quantitative estimate of drug-likeness (QED) is 0.0758. The van der Waals surface area contributed by atoms with Gasteiger partial charge in [0.05, 0.1) is 32.5 Å². The second-order valence-electron chi connectivity index (χ2n) is 11.8. The molecule has 1 aromatic carbocycles. The van der Waals surface area contributed by atoms with Gasteiger partial charge in [0.2, 0.25) is 20.4 Å². The lowest BCUT2D eigenvalue weighted by Crippen LogP contribution is -2.43. The van der Waals surface area contributed by atoms with E-state index in [0.717, 1.165) is 28.5 Å². The van der Waals surface area contributed by atoms with E-state index in [9.17, 15) is 43.3 Å². The number of benzene rings is 1. The second kappa shape index (κ2) is 20.1. The van der Waals surface area contributed by atoms with Crippen LogP contribution < -0.4 is 11.2 Å². The van der Waals surface area contributed by atoms with Crippen LogP contribution in [0.3, 0.4) is 0 Å². The molecule has 3 aromatic rings. The highest BCUT2D eigenvalue weighted by molar-refractivity contribution is 7.62. The number of hydrogen-bond acceptors (Lipinski definition) is 23. The van der Waals surface area contributed by atoms with Crippen LogP contribution in [0.4, 0.5) is 14.4 Å². The number of ether oxygens (including phenoxy) is 7. The molecule has 1 saturated heterocycles. The molecule has 1 aliphatic rings. The van der Waals surface area contributed by atoms with Gasteiger partial charge in [-0.3, -0.25) is 18.5 Å². The monoisotopic (exact) mass is 855 g/mol. The van der Waals surface area contributed by atoms with Gasteiger partial charge in [-0.15, -0.1) is 0 Å². The van der Waals surface area contributed by atoms with Crippen molar-refractivity contribution in [3.8, 4) is 0 Å². The van der Waals surface area contributed by atoms with Crippen LogP contribution in [0.15, 0.2) is 50.6 Å². The van der Waals surface area contributed by atoms with Crippen molar-refractivity contribution in [3.05, 3.63) is 63.1 Å². The van der Waals surface area contributed by atoms with Gasteiger partial charge in [0.15, 0.2) is 11.8 Å². The SMILES string of the molecule is COC(=O)OCOP(=O)(OCOC(=O)OC(C)C)OP(=O)(OCOC(=O)OC(C)C)OC[C@H]1O[C@@H](n2ccc(=O)n(Cc3noc4ccccc34)c2=O)[C@@H](O)C1O. The zero-order chi connectivity index (χ0) is 41.9. The first-order valence-corrected chi connectivity index (χ1v) is 19.4. The Balaban J connectivity index is 1.54. The van der Waals surface area contributed by atoms with Crippen molar-refractivity contribution in [2.24, 2.45) is 0 Å². The van der Waals surface area contributed by atoms with Gasteiger partial charge in [0.1, 0.15) is 24.0 Å². The standard InChI is InChI=1S/C30H39N3O22P2/c1-17(2)51-29(39)45-15-48-56(41,55-57(42,49-14-44-28(38)43-5)50-16-46-30(40)52-18(3)4)47-13-22-24(35)25(36)26(53-22)32-11-10-23(34)33(27(32)37)12-20-19-8-6-7-9-21(19)54-31-20/h6-11,17-18,22,24-26,35-36H,12-16H2,1-5H3/t22-,24?,25+,26-,56?,57?/m1/s1. The average Bonchev–Trinajstić information content (AvgIpc) is 3.67. The fraction of sp³-hybridized carbons (Fsp3) is 0.533. The molecule has 27 heteroatoms. The molecular formula is C30H39N3O22P2. The fourth-order valence-electron chi connectivity index (χ4n) is 4.55. The number of rotatable bonds is 19. The van der Waals surface area contributed by atoms with E-state index in [4.69, 9.17) is 41.1 Å². The minimum absolute atomic E-state index is 0.239. The van der Waals surface area contributed by atoms with E-state index in [0.29, 0.717) is 11.0 Å². The Morgan fingerprint density at radius 1 is 0.825 bits per heavy atom. The Kier molecular flexibility index (Phi) is 15.9. The summed E-state index contributed by atoms with van der Waals surface area (Å²) in [6.07, 6.45) is -11.4. The van der Waals surface area contributed by atoms with Crippen LogP contribution in [-0.4, -0.2) is 108 Å². The number of phosphoric ester groups is 2. The maximum Gasteiger partial charge on any atom is 0.510 e. The van der Waals surface area contributed by atoms with Crippen molar-refractivity contribution in [3.63, 3.8) is 0 Å². The van der Waals surface area contributed by atoms with Gasteiger partial charge in [-0.25, -0.2) is 41.9 Å². The molecule has 25 nitrogen and oxygen atoms in total. The molecule has 1 fully saturated rings. The van der Waals surface area contributed by atoms with E-state index in [1.54, 1.807) is 24.3 Å². The Hall–Kier alpha value is -4.68. The summed E-state index contributed by atoms with van der Waals surface area (Å²) in [6, 6.07) is 7.68. The number of methoxy groups -OCH3 is 1. The smallest absolute Gasteiger partial charge is 0.438 e. The molecule has 3 unspecified atom stereocenters. The van der Waals surface area contributed by atoms with Crippen molar-refractivity contribution in [1.82, 2.24) is 14.3 Å². The molecule has 57 heavy (non-hydrogen) atoms. The molecule has 0 saturated carbocycles. The summed E-state index contributed by atoms with van der Waals surface area (Å²) in [5, 5.41) is 26.2. The van der Waals surface area contributed by atoms with E-state index in [1.807, 2.05) is 0 Å². The number of phosphoric acid groups is 2. The zero-order valence-electron chi connectivity index (χ0n) is 30.8. The highest BCUT2D eigenvalue weighted by Crippen LogP contribution is 2.66. The molecule has 0 amide bonds. The van der Waals surface area contributed by atoms with Gasteiger partial charge >= 0.3 is 39.8 Å². The molecule has 0 spiro atoms. The maximum atomic E-state index is 13.9. The minimum Gasteiger partial charge on any atom is -0.438 e. The topological polar surface area (TPSA) is 307 Å². The highest BCUT2D eigenvalue weighted by Gasteiger charge is 2.48. The number of para-hydroxylation sites is 1. The van der Waals surface area contributed by atoms with Gasteiger partial charge in [-0.1, -0.05) is 17.3 Å². The number of aliphatic hydroxyl groups is 2. The molecule has 6 atom stereocenters. The molecule has 316 valence electrons. The molecular weight excluding hydrogens is 816 g/mol. The van der Waals surface area contributed by atoms with E-state index >= 15 is 0 Å². The normalized spacial score (nSPS) is 20.2. The lowest BCUT2D eigenvalue weighted by molar-refractivity contribution is -0.0621. The first kappa shape index (κ1) is 45.0. The molecule has 0 bridgehead atoms. The number of carbonyl (C=O) groups is 3. The number of hydrogen-bond donors (Lipinski definition) is 2. The molecule has 2 aromatic heterocycles. The molecule has 0 radical (unpaired) electrons. The lowest BCUT2D eigenvalue weighted by atomic mass is 10.1. The van der Waals surface area contributed by atoms with Crippen molar-refractivity contribution in [2.75, 3.05) is 34.1 Å². The van der Waals surface area contributed by atoms with Crippen LogP contribution in [0, 0.1) is 0 Å². The largest absolute Gasteiger partial charge is 0.510 e. The molecule has 3 heterocycles. The fourth-order valence-corrected chi connectivity index (χ4v) is 7.31. The van der Waals surface area contributed by atoms with E-state index in [-0.39, 0.29) is 12.2 Å². The Bertz CT molecular complexity index is 2060. The maximum absolute atomic E-state index is 13.9. The number of aliphatic hydroxyl groups excluding tert-OH is 2. The van der Waals surface area contributed by atoms with Crippen LogP contribution >= 0.6 is 15.6 Å². The summed E-state index contributed by atoms with van der Waals surface area (Å²) < 4.78 is 92.3. The van der Waals surface area contributed by atoms with Gasteiger partial charge < -0.3 is 47.9 Å². The van der Waals surface area contributed by atoms with Gasteiger partial charge in [-0.2, -0.15) is 4.31 Å². The Labute approximate surface area is 321 Å². The summed E-state index contributed by atoms with van der Waals surface area (Å²) in [7, 11) is -9.90. The number of fused-ring (bicyclic) bond motifs is 1. The van der Waals surface area contributed by atoms with Crippen LogP contribution in [0.5, 0.6) is 0 Å². The summed E-state index contributed by atoms with van der Waals surface area (Å²) in [4.78, 5) is 61.4. The van der Waals surface area contributed by atoms with Crippen LogP contribution in [-0.2, 0) is 71.2 Å². The number of carbonyl (C=O) groups excluding carboxylic acids is 3. The molecule has 1 aliphatic heterocycles. The Morgan fingerprint density at radius 3 is 1.96 bits per heavy atom. The van der Waals surface area contributed by atoms with Gasteiger partial charge in [-0.05, 0) is 39.8 Å². The first-order chi connectivity index (χ1) is 26.9. The van der Waals surface area contributed by atoms with Crippen molar-refractivity contribution >= 4 is 45.1 Å². The highest BCUT2D eigenvalue weighted by atomic mass is 31.3.